The van der Waals surface area contributed by atoms with Gasteiger partial charge in [-0.3, -0.25) is 10.1 Å². The lowest BCUT2D eigenvalue weighted by Crippen LogP contribution is -2.43. The van der Waals surface area contributed by atoms with Crippen molar-refractivity contribution >= 4 is 23.4 Å². The van der Waals surface area contributed by atoms with E-state index < -0.39 is 6.09 Å². The van der Waals surface area contributed by atoms with E-state index in [4.69, 9.17) is 0 Å². The lowest BCUT2D eigenvalue weighted by Gasteiger charge is -2.26. The van der Waals surface area contributed by atoms with Gasteiger partial charge in [0.15, 0.2) is 0 Å². The van der Waals surface area contributed by atoms with E-state index in [0.717, 1.165) is 13.1 Å². The zero-order valence-corrected chi connectivity index (χ0v) is 10.7. The number of hydrogen-bond donors (Lipinski definition) is 3. The highest BCUT2D eigenvalue weighted by Crippen LogP contribution is 2.15. The molecule has 1 aromatic rings. The third kappa shape index (κ3) is 3.96. The Kier molecular flexibility index (Phi) is 4.35. The fraction of sp³-hybridized carbons (Fsp3) is 0.385. The standard InChI is InChI=1S/C13H17N3O3/c1-19-13(18)16-11-4-2-10(3-5-11)15-12(17)6-9-7-14-8-9/h2-5,9,14H,6-8H2,1H3,(H,15,17)(H,16,18). The second kappa shape index (κ2) is 6.19. The van der Waals surface area contributed by atoms with Crippen molar-refractivity contribution in [2.45, 2.75) is 6.42 Å². The molecule has 0 spiro atoms. The van der Waals surface area contributed by atoms with Gasteiger partial charge in [-0.15, -0.1) is 0 Å². The summed E-state index contributed by atoms with van der Waals surface area (Å²) < 4.78 is 4.49. The maximum absolute atomic E-state index is 11.7. The van der Waals surface area contributed by atoms with E-state index in [9.17, 15) is 9.59 Å². The molecule has 1 fully saturated rings. The van der Waals surface area contributed by atoms with E-state index in [1.165, 1.54) is 7.11 Å². The van der Waals surface area contributed by atoms with Crippen LogP contribution in [0, 0.1) is 5.92 Å². The molecule has 0 unspecified atom stereocenters. The largest absolute Gasteiger partial charge is 0.453 e. The number of anilines is 2. The Balaban J connectivity index is 1.83. The summed E-state index contributed by atoms with van der Waals surface area (Å²) in [7, 11) is 1.30. The van der Waals surface area contributed by atoms with Gasteiger partial charge in [0.05, 0.1) is 7.11 Å². The molecule has 0 atom stereocenters. The maximum Gasteiger partial charge on any atom is 0.411 e. The van der Waals surface area contributed by atoms with Gasteiger partial charge in [0.25, 0.3) is 0 Å². The van der Waals surface area contributed by atoms with Crippen LogP contribution >= 0.6 is 0 Å². The second-order valence-corrected chi connectivity index (χ2v) is 4.47. The second-order valence-electron chi connectivity index (χ2n) is 4.47. The molecule has 1 saturated heterocycles. The molecule has 0 radical (unpaired) electrons. The summed E-state index contributed by atoms with van der Waals surface area (Å²) in [5, 5.41) is 8.49. The van der Waals surface area contributed by atoms with E-state index >= 15 is 0 Å². The minimum Gasteiger partial charge on any atom is -0.453 e. The van der Waals surface area contributed by atoms with Crippen LogP contribution in [-0.2, 0) is 9.53 Å². The third-order valence-electron chi connectivity index (χ3n) is 2.94. The van der Waals surface area contributed by atoms with Crippen molar-refractivity contribution in [2.24, 2.45) is 5.92 Å². The average Bonchev–Trinajstić information content (AvgIpc) is 2.36. The first-order chi connectivity index (χ1) is 9.17. The van der Waals surface area contributed by atoms with Crippen molar-refractivity contribution in [1.82, 2.24) is 5.32 Å². The molecule has 0 bridgehead atoms. The minimum atomic E-state index is -0.519. The molecular formula is C13H17N3O3. The lowest BCUT2D eigenvalue weighted by molar-refractivity contribution is -0.117. The summed E-state index contributed by atoms with van der Waals surface area (Å²) in [5.41, 5.74) is 1.33. The minimum absolute atomic E-state index is 0.0141. The molecule has 2 rings (SSSR count). The maximum atomic E-state index is 11.7. The highest BCUT2D eigenvalue weighted by atomic mass is 16.5. The fourth-order valence-electron chi connectivity index (χ4n) is 1.77. The first-order valence-corrected chi connectivity index (χ1v) is 6.13. The van der Waals surface area contributed by atoms with Gasteiger partial charge in [0, 0.05) is 17.8 Å². The Labute approximate surface area is 111 Å². The van der Waals surface area contributed by atoms with Gasteiger partial charge in [-0.1, -0.05) is 0 Å². The van der Waals surface area contributed by atoms with Crippen LogP contribution in [0.5, 0.6) is 0 Å². The topological polar surface area (TPSA) is 79.5 Å². The van der Waals surface area contributed by atoms with Crippen molar-refractivity contribution in [3.63, 3.8) is 0 Å². The molecule has 1 heterocycles. The van der Waals surface area contributed by atoms with Crippen molar-refractivity contribution in [2.75, 3.05) is 30.8 Å². The number of methoxy groups -OCH3 is 1. The normalized spacial score (nSPS) is 14.4. The van der Waals surface area contributed by atoms with Gasteiger partial charge >= 0.3 is 6.09 Å². The summed E-state index contributed by atoms with van der Waals surface area (Å²) in [6.45, 7) is 1.82. The van der Waals surface area contributed by atoms with Crippen LogP contribution in [-0.4, -0.2) is 32.2 Å². The Morgan fingerprint density at radius 1 is 1.21 bits per heavy atom. The van der Waals surface area contributed by atoms with Crippen LogP contribution in [0.15, 0.2) is 24.3 Å². The molecular weight excluding hydrogens is 246 g/mol. The van der Waals surface area contributed by atoms with E-state index in [-0.39, 0.29) is 5.91 Å². The third-order valence-corrected chi connectivity index (χ3v) is 2.94. The van der Waals surface area contributed by atoms with Gasteiger partial charge in [0.2, 0.25) is 5.91 Å². The van der Waals surface area contributed by atoms with Crippen LogP contribution in [0.4, 0.5) is 16.2 Å². The number of carbonyl (C=O) groups is 2. The number of carbonyl (C=O) groups excluding carboxylic acids is 2. The van der Waals surface area contributed by atoms with Crippen molar-refractivity contribution < 1.29 is 14.3 Å². The van der Waals surface area contributed by atoms with Gasteiger partial charge < -0.3 is 15.4 Å². The molecule has 1 aliphatic heterocycles. The Hall–Kier alpha value is -2.08. The number of rotatable bonds is 4. The molecule has 6 heteroatoms. The van der Waals surface area contributed by atoms with Crippen LogP contribution in [0.3, 0.4) is 0 Å². The highest BCUT2D eigenvalue weighted by Gasteiger charge is 2.19. The highest BCUT2D eigenvalue weighted by molar-refractivity contribution is 5.91. The lowest BCUT2D eigenvalue weighted by atomic mass is 9.99. The van der Waals surface area contributed by atoms with Crippen LogP contribution < -0.4 is 16.0 Å². The zero-order chi connectivity index (χ0) is 13.7. The number of amides is 2. The predicted molar refractivity (Wildman–Crippen MR) is 72.1 cm³/mol. The summed E-state index contributed by atoms with van der Waals surface area (Å²) in [6, 6.07) is 6.89. The summed E-state index contributed by atoms with van der Waals surface area (Å²) in [6.07, 6.45) is 0.0177. The van der Waals surface area contributed by atoms with Crippen LogP contribution in [0.1, 0.15) is 6.42 Å². The number of benzene rings is 1. The number of hydrogen-bond acceptors (Lipinski definition) is 4. The molecule has 102 valence electrons. The molecule has 19 heavy (non-hydrogen) atoms. The first-order valence-electron chi connectivity index (χ1n) is 6.13. The van der Waals surface area contributed by atoms with E-state index in [2.05, 4.69) is 20.7 Å². The molecule has 0 saturated carbocycles. The Bertz CT molecular complexity index is 455. The van der Waals surface area contributed by atoms with Crippen molar-refractivity contribution in [3.05, 3.63) is 24.3 Å². The van der Waals surface area contributed by atoms with E-state index in [0.29, 0.717) is 23.7 Å². The van der Waals surface area contributed by atoms with Gasteiger partial charge in [-0.05, 0) is 43.3 Å². The monoisotopic (exact) mass is 263 g/mol. The molecule has 2 amide bonds. The van der Waals surface area contributed by atoms with Crippen LogP contribution in [0.2, 0.25) is 0 Å². The Morgan fingerprint density at radius 2 is 1.79 bits per heavy atom. The number of nitrogens with one attached hydrogen (secondary N) is 3. The molecule has 1 aliphatic rings. The smallest absolute Gasteiger partial charge is 0.411 e. The van der Waals surface area contributed by atoms with Crippen LogP contribution in [0.25, 0.3) is 0 Å². The Morgan fingerprint density at radius 3 is 2.26 bits per heavy atom. The van der Waals surface area contributed by atoms with E-state index in [1.54, 1.807) is 24.3 Å². The van der Waals surface area contributed by atoms with Crippen molar-refractivity contribution in [1.29, 1.82) is 0 Å². The fourth-order valence-corrected chi connectivity index (χ4v) is 1.77. The molecule has 1 aromatic carbocycles. The SMILES string of the molecule is COC(=O)Nc1ccc(NC(=O)CC2CNC2)cc1. The molecule has 6 nitrogen and oxygen atoms in total. The predicted octanol–water partition coefficient (Wildman–Crippen LogP) is 1.41. The van der Waals surface area contributed by atoms with Crippen molar-refractivity contribution in [3.8, 4) is 0 Å². The summed E-state index contributed by atoms with van der Waals surface area (Å²) in [4.78, 5) is 22.7. The molecule has 0 aliphatic carbocycles. The van der Waals surface area contributed by atoms with Gasteiger partial charge in [-0.2, -0.15) is 0 Å². The quantitative estimate of drug-likeness (QED) is 0.767. The zero-order valence-electron chi connectivity index (χ0n) is 10.7. The molecule has 3 N–H and O–H groups in total. The van der Waals surface area contributed by atoms with Gasteiger partial charge in [-0.25, -0.2) is 4.79 Å². The first kappa shape index (κ1) is 13.4. The van der Waals surface area contributed by atoms with Gasteiger partial charge in [0.1, 0.15) is 0 Å². The molecule has 0 aromatic heterocycles. The van der Waals surface area contributed by atoms with E-state index in [1.807, 2.05) is 0 Å². The average molecular weight is 263 g/mol. The number of ether oxygens (including phenoxy) is 1. The summed E-state index contributed by atoms with van der Waals surface area (Å²) >= 11 is 0. The summed E-state index contributed by atoms with van der Waals surface area (Å²) in [5.74, 6) is 0.459.